The smallest absolute Gasteiger partial charge is 0.268 e. The molecule has 0 unspecified atom stereocenters. The van der Waals surface area contributed by atoms with Crippen molar-refractivity contribution in [2.75, 3.05) is 12.9 Å². The van der Waals surface area contributed by atoms with Crippen LogP contribution in [0.25, 0.3) is 16.6 Å². The summed E-state index contributed by atoms with van der Waals surface area (Å²) in [7, 11) is -3.41. The summed E-state index contributed by atoms with van der Waals surface area (Å²) in [5.74, 6) is 0.102. The van der Waals surface area contributed by atoms with E-state index < -0.39 is 15.7 Å². The fourth-order valence-electron chi connectivity index (χ4n) is 4.20. The average molecular weight is 523 g/mol. The minimum Gasteiger partial charge on any atom is -0.493 e. The van der Waals surface area contributed by atoms with E-state index >= 15 is 0 Å². The SMILES string of the molecule is CCOc1cc(C)[nH]c(=O)c1CNC(=O)c1cc(-c2cccc(S(C)(=O)=O)c2)cc2c(C(C)C)ncn12. The Morgan fingerprint density at radius 1 is 1.16 bits per heavy atom. The van der Waals surface area contributed by atoms with Crippen molar-refractivity contribution in [3.8, 4) is 16.9 Å². The molecule has 0 aliphatic heterocycles. The van der Waals surface area contributed by atoms with E-state index in [4.69, 9.17) is 4.74 Å². The van der Waals surface area contributed by atoms with Gasteiger partial charge in [-0.2, -0.15) is 0 Å². The molecule has 2 N–H and O–H groups in total. The number of carbonyl (C=O) groups is 1. The molecule has 1 amide bonds. The minimum atomic E-state index is -3.41. The minimum absolute atomic E-state index is 0.0369. The van der Waals surface area contributed by atoms with Crippen LogP contribution in [0, 0.1) is 6.92 Å². The van der Waals surface area contributed by atoms with Crippen LogP contribution in [0.4, 0.5) is 0 Å². The van der Waals surface area contributed by atoms with Crippen LogP contribution in [0.15, 0.2) is 58.5 Å². The maximum atomic E-state index is 13.5. The van der Waals surface area contributed by atoms with Gasteiger partial charge in [0.15, 0.2) is 9.84 Å². The molecule has 3 aromatic heterocycles. The van der Waals surface area contributed by atoms with Gasteiger partial charge in [0.2, 0.25) is 0 Å². The molecule has 0 radical (unpaired) electrons. The summed E-state index contributed by atoms with van der Waals surface area (Å²) in [6.07, 6.45) is 2.76. The molecule has 9 nitrogen and oxygen atoms in total. The number of hydrogen-bond donors (Lipinski definition) is 2. The Labute approximate surface area is 215 Å². The first-order valence-electron chi connectivity index (χ1n) is 11.9. The molecule has 1 aromatic carbocycles. The van der Waals surface area contributed by atoms with Crippen molar-refractivity contribution < 1.29 is 17.9 Å². The fourth-order valence-corrected chi connectivity index (χ4v) is 4.87. The number of hydrogen-bond acceptors (Lipinski definition) is 6. The molecule has 0 aliphatic rings. The number of amides is 1. The van der Waals surface area contributed by atoms with Crippen molar-refractivity contribution >= 4 is 21.3 Å². The lowest BCUT2D eigenvalue weighted by Crippen LogP contribution is -2.29. The number of rotatable bonds is 8. The van der Waals surface area contributed by atoms with Crippen LogP contribution in [0.3, 0.4) is 0 Å². The zero-order valence-corrected chi connectivity index (χ0v) is 22.3. The van der Waals surface area contributed by atoms with Gasteiger partial charge >= 0.3 is 0 Å². The van der Waals surface area contributed by atoms with Gasteiger partial charge in [0.05, 0.1) is 34.8 Å². The Morgan fingerprint density at radius 2 is 1.92 bits per heavy atom. The predicted octanol–water partition coefficient (Wildman–Crippen LogP) is 3.85. The highest BCUT2D eigenvalue weighted by Gasteiger charge is 2.19. The van der Waals surface area contributed by atoms with E-state index in [9.17, 15) is 18.0 Å². The highest BCUT2D eigenvalue weighted by atomic mass is 32.2. The number of aryl methyl sites for hydroxylation is 1. The lowest BCUT2D eigenvalue weighted by molar-refractivity contribution is 0.0944. The second-order valence-corrected chi connectivity index (χ2v) is 11.2. The maximum Gasteiger partial charge on any atom is 0.268 e. The van der Waals surface area contributed by atoms with E-state index in [1.807, 2.05) is 26.8 Å². The number of imidazole rings is 1. The number of pyridine rings is 2. The molecule has 0 saturated carbocycles. The molecule has 4 aromatic rings. The van der Waals surface area contributed by atoms with Gasteiger partial charge in [-0.25, -0.2) is 13.4 Å². The number of benzene rings is 1. The summed E-state index contributed by atoms with van der Waals surface area (Å²) in [6.45, 7) is 7.96. The highest BCUT2D eigenvalue weighted by Crippen LogP contribution is 2.29. The number of nitrogens with zero attached hydrogens (tertiary/aromatic N) is 2. The van der Waals surface area contributed by atoms with E-state index in [-0.39, 0.29) is 22.9 Å². The van der Waals surface area contributed by atoms with Crippen molar-refractivity contribution in [1.82, 2.24) is 19.7 Å². The Kier molecular flexibility index (Phi) is 7.22. The largest absolute Gasteiger partial charge is 0.493 e. The zero-order valence-electron chi connectivity index (χ0n) is 21.5. The second-order valence-electron chi connectivity index (χ2n) is 9.21. The van der Waals surface area contributed by atoms with Crippen LogP contribution in [-0.2, 0) is 16.4 Å². The molecular formula is C27H30N4O5S. The quantitative estimate of drug-likeness (QED) is 0.362. The van der Waals surface area contributed by atoms with Crippen molar-refractivity contribution in [2.45, 2.75) is 45.1 Å². The number of H-pyrrole nitrogens is 1. The fraction of sp³-hybridized carbons (Fsp3) is 0.296. The van der Waals surface area contributed by atoms with Gasteiger partial charge in [-0.15, -0.1) is 0 Å². The lowest BCUT2D eigenvalue weighted by Gasteiger charge is -2.14. The van der Waals surface area contributed by atoms with Gasteiger partial charge in [0.25, 0.3) is 11.5 Å². The monoisotopic (exact) mass is 522 g/mol. The van der Waals surface area contributed by atoms with Gasteiger partial charge < -0.3 is 15.0 Å². The Morgan fingerprint density at radius 3 is 2.59 bits per heavy atom. The molecule has 0 aliphatic carbocycles. The van der Waals surface area contributed by atoms with Crippen molar-refractivity contribution in [2.24, 2.45) is 0 Å². The van der Waals surface area contributed by atoms with Gasteiger partial charge in [0, 0.05) is 11.9 Å². The van der Waals surface area contributed by atoms with Crippen LogP contribution in [0.5, 0.6) is 5.75 Å². The van der Waals surface area contributed by atoms with Crippen LogP contribution in [0.1, 0.15) is 54.1 Å². The number of aromatic amines is 1. The summed E-state index contributed by atoms with van der Waals surface area (Å²) in [5.41, 5.74) is 3.84. The van der Waals surface area contributed by atoms with E-state index in [0.29, 0.717) is 40.4 Å². The average Bonchev–Trinajstić information content (AvgIpc) is 3.27. The lowest BCUT2D eigenvalue weighted by atomic mass is 10.0. The van der Waals surface area contributed by atoms with E-state index in [1.165, 1.54) is 0 Å². The summed E-state index contributed by atoms with van der Waals surface area (Å²) in [6, 6.07) is 11.9. The predicted molar refractivity (Wildman–Crippen MR) is 142 cm³/mol. The van der Waals surface area contributed by atoms with Crippen LogP contribution in [-0.4, -0.2) is 41.6 Å². The Hall–Kier alpha value is -3.92. The molecule has 37 heavy (non-hydrogen) atoms. The normalized spacial score (nSPS) is 11.7. The first-order chi connectivity index (χ1) is 17.5. The second kappa shape index (κ2) is 10.2. The third-order valence-corrected chi connectivity index (χ3v) is 7.12. The molecule has 0 bridgehead atoms. The molecule has 4 rings (SSSR count). The third kappa shape index (κ3) is 5.43. The van der Waals surface area contributed by atoms with Gasteiger partial charge in [0.1, 0.15) is 17.8 Å². The number of sulfone groups is 1. The first-order valence-corrected chi connectivity index (χ1v) is 13.8. The molecular weight excluding hydrogens is 492 g/mol. The summed E-state index contributed by atoms with van der Waals surface area (Å²) in [4.78, 5) is 33.5. The van der Waals surface area contributed by atoms with E-state index in [0.717, 1.165) is 17.5 Å². The van der Waals surface area contributed by atoms with Crippen LogP contribution < -0.4 is 15.6 Å². The summed E-state index contributed by atoms with van der Waals surface area (Å²) in [5, 5.41) is 2.84. The zero-order chi connectivity index (χ0) is 26.9. The summed E-state index contributed by atoms with van der Waals surface area (Å²) >= 11 is 0. The highest BCUT2D eigenvalue weighted by molar-refractivity contribution is 7.90. The van der Waals surface area contributed by atoms with E-state index in [2.05, 4.69) is 15.3 Å². The molecule has 0 fully saturated rings. The van der Waals surface area contributed by atoms with Crippen molar-refractivity contribution in [3.05, 3.63) is 81.8 Å². The number of carbonyl (C=O) groups excluding carboxylic acids is 1. The van der Waals surface area contributed by atoms with Gasteiger partial charge in [-0.1, -0.05) is 26.0 Å². The topological polar surface area (TPSA) is 123 Å². The molecule has 3 heterocycles. The molecule has 10 heteroatoms. The Bertz CT molecular complexity index is 1650. The molecule has 194 valence electrons. The molecule has 0 spiro atoms. The van der Waals surface area contributed by atoms with Crippen molar-refractivity contribution in [3.63, 3.8) is 0 Å². The molecule has 0 saturated heterocycles. The first kappa shape index (κ1) is 26.2. The third-order valence-electron chi connectivity index (χ3n) is 6.01. The number of fused-ring (bicyclic) bond motifs is 1. The van der Waals surface area contributed by atoms with Gasteiger partial charge in [-0.05, 0) is 61.2 Å². The van der Waals surface area contributed by atoms with Crippen molar-refractivity contribution in [1.29, 1.82) is 0 Å². The number of aromatic nitrogens is 3. The van der Waals surface area contributed by atoms with Gasteiger partial charge in [-0.3, -0.25) is 14.0 Å². The standard InChI is InChI=1S/C27H30N4O5S/c1-6-36-24-10-17(4)30-26(32)21(24)14-28-27(33)23-13-19(12-22-25(16(2)3)29-15-31(22)23)18-8-7-9-20(11-18)37(5,34)35/h7-13,15-16H,6,14H2,1-5H3,(H,28,33)(H,30,32). The number of ether oxygens (including phenoxy) is 1. The van der Waals surface area contributed by atoms with Crippen LogP contribution >= 0.6 is 0 Å². The van der Waals surface area contributed by atoms with Crippen LogP contribution in [0.2, 0.25) is 0 Å². The Balaban J connectivity index is 1.79. The van der Waals surface area contributed by atoms with E-state index in [1.54, 1.807) is 54.0 Å². The summed E-state index contributed by atoms with van der Waals surface area (Å²) < 4.78 is 31.6. The number of nitrogens with one attached hydrogen (secondary N) is 2. The molecule has 0 atom stereocenters. The maximum absolute atomic E-state index is 13.5.